The van der Waals surface area contributed by atoms with Gasteiger partial charge in [-0.15, -0.1) is 0 Å². The number of ether oxygens (including phenoxy) is 2. The second-order valence-corrected chi connectivity index (χ2v) is 4.24. The first kappa shape index (κ1) is 11.6. The first-order chi connectivity index (χ1) is 7.74. The Morgan fingerprint density at radius 1 is 1.31 bits per heavy atom. The predicted octanol–water partition coefficient (Wildman–Crippen LogP) is 1.80. The molecule has 0 bridgehead atoms. The highest BCUT2D eigenvalue weighted by molar-refractivity contribution is 5.27. The average molecular weight is 221 g/mol. The van der Waals surface area contributed by atoms with E-state index < -0.39 is 5.79 Å². The van der Waals surface area contributed by atoms with E-state index in [0.717, 1.165) is 24.9 Å². The molecule has 0 saturated carbocycles. The number of hydrogen-bond donors (Lipinski definition) is 1. The highest BCUT2D eigenvalue weighted by Crippen LogP contribution is 2.31. The summed E-state index contributed by atoms with van der Waals surface area (Å²) in [7, 11) is 0. The lowest BCUT2D eigenvalue weighted by atomic mass is 10.0. The molecule has 0 radical (unpaired) electrons. The molecule has 1 aromatic carbocycles. The van der Waals surface area contributed by atoms with Gasteiger partial charge < -0.3 is 15.2 Å². The second kappa shape index (κ2) is 4.95. The van der Waals surface area contributed by atoms with E-state index in [-0.39, 0.29) is 0 Å². The first-order valence-corrected chi connectivity index (χ1v) is 5.82. The molecular weight excluding hydrogens is 202 g/mol. The molecule has 1 saturated heterocycles. The van der Waals surface area contributed by atoms with Crippen molar-refractivity contribution in [3.63, 3.8) is 0 Å². The summed E-state index contributed by atoms with van der Waals surface area (Å²) in [6, 6.07) is 8.38. The van der Waals surface area contributed by atoms with Crippen molar-refractivity contribution in [1.29, 1.82) is 0 Å². The molecule has 1 fully saturated rings. The molecule has 0 atom stereocenters. The van der Waals surface area contributed by atoms with Crippen LogP contribution in [0.3, 0.4) is 0 Å². The van der Waals surface area contributed by atoms with Crippen LogP contribution in [-0.4, -0.2) is 19.8 Å². The third-order valence-electron chi connectivity index (χ3n) is 2.96. The molecule has 2 rings (SSSR count). The van der Waals surface area contributed by atoms with Crippen LogP contribution in [0.2, 0.25) is 0 Å². The molecule has 3 nitrogen and oxygen atoms in total. The number of rotatable bonds is 4. The van der Waals surface area contributed by atoms with Crippen LogP contribution in [0.5, 0.6) is 0 Å². The monoisotopic (exact) mass is 221 g/mol. The molecule has 0 spiro atoms. The maximum atomic E-state index is 5.64. The molecule has 3 heteroatoms. The van der Waals surface area contributed by atoms with Crippen LogP contribution in [0.1, 0.15) is 24.5 Å². The van der Waals surface area contributed by atoms with Crippen molar-refractivity contribution in [2.24, 2.45) is 5.73 Å². The summed E-state index contributed by atoms with van der Waals surface area (Å²) in [4.78, 5) is 0. The van der Waals surface area contributed by atoms with Crippen LogP contribution in [0.4, 0.5) is 0 Å². The van der Waals surface area contributed by atoms with Crippen LogP contribution in [0.15, 0.2) is 24.3 Å². The van der Waals surface area contributed by atoms with Crippen molar-refractivity contribution in [2.45, 2.75) is 25.6 Å². The molecule has 0 aromatic heterocycles. The molecule has 1 aromatic rings. The van der Waals surface area contributed by atoms with E-state index in [9.17, 15) is 0 Å². The van der Waals surface area contributed by atoms with Crippen LogP contribution in [0.25, 0.3) is 0 Å². The van der Waals surface area contributed by atoms with Gasteiger partial charge in [-0.05, 0) is 31.9 Å². The second-order valence-electron chi connectivity index (χ2n) is 4.24. The minimum atomic E-state index is -0.557. The Morgan fingerprint density at radius 2 is 2.06 bits per heavy atom. The van der Waals surface area contributed by atoms with Gasteiger partial charge in [-0.25, -0.2) is 0 Å². The van der Waals surface area contributed by atoms with E-state index in [1.807, 2.05) is 6.92 Å². The molecule has 88 valence electrons. The molecule has 0 unspecified atom stereocenters. The maximum absolute atomic E-state index is 5.64. The quantitative estimate of drug-likeness (QED) is 0.843. The lowest BCUT2D eigenvalue weighted by molar-refractivity contribution is -0.149. The van der Waals surface area contributed by atoms with Gasteiger partial charge in [-0.3, -0.25) is 0 Å². The molecule has 16 heavy (non-hydrogen) atoms. The Kier molecular flexibility index (Phi) is 3.59. The van der Waals surface area contributed by atoms with Crippen molar-refractivity contribution in [2.75, 3.05) is 19.8 Å². The SMILES string of the molecule is CC1(c2cccc(CCCN)c2)OCCO1. The Labute approximate surface area is 96.5 Å². The van der Waals surface area contributed by atoms with Gasteiger partial charge in [0.25, 0.3) is 0 Å². The van der Waals surface area contributed by atoms with E-state index in [1.54, 1.807) is 0 Å². The highest BCUT2D eigenvalue weighted by atomic mass is 16.7. The van der Waals surface area contributed by atoms with E-state index in [0.29, 0.717) is 13.2 Å². The average Bonchev–Trinajstić information content (AvgIpc) is 2.75. The lowest BCUT2D eigenvalue weighted by Gasteiger charge is -2.23. The maximum Gasteiger partial charge on any atom is 0.192 e. The predicted molar refractivity (Wildman–Crippen MR) is 63.1 cm³/mol. The standard InChI is InChI=1S/C13H19NO2/c1-13(15-8-9-16-13)12-6-2-4-11(10-12)5-3-7-14/h2,4,6,10H,3,5,7-9,14H2,1H3. The summed E-state index contributed by atoms with van der Waals surface area (Å²) < 4.78 is 11.3. The third kappa shape index (κ3) is 2.43. The van der Waals surface area contributed by atoms with Gasteiger partial charge in [0.15, 0.2) is 5.79 Å². The summed E-state index contributed by atoms with van der Waals surface area (Å²) in [6.07, 6.45) is 2.03. The van der Waals surface area contributed by atoms with Crippen molar-refractivity contribution in [3.05, 3.63) is 35.4 Å². The fourth-order valence-electron chi connectivity index (χ4n) is 2.00. The third-order valence-corrected chi connectivity index (χ3v) is 2.96. The van der Waals surface area contributed by atoms with E-state index >= 15 is 0 Å². The number of aryl methyl sites for hydroxylation is 1. The van der Waals surface area contributed by atoms with Gasteiger partial charge in [0, 0.05) is 5.56 Å². The van der Waals surface area contributed by atoms with Gasteiger partial charge in [-0.1, -0.05) is 24.3 Å². The minimum Gasteiger partial charge on any atom is -0.344 e. The minimum absolute atomic E-state index is 0.557. The molecule has 1 heterocycles. The van der Waals surface area contributed by atoms with Crippen molar-refractivity contribution >= 4 is 0 Å². The largest absolute Gasteiger partial charge is 0.344 e. The number of benzene rings is 1. The van der Waals surface area contributed by atoms with Gasteiger partial charge in [0.05, 0.1) is 13.2 Å². The Balaban J connectivity index is 2.15. The van der Waals surface area contributed by atoms with Crippen molar-refractivity contribution in [3.8, 4) is 0 Å². The normalized spacial score (nSPS) is 18.9. The Hall–Kier alpha value is -0.900. The molecule has 0 aliphatic carbocycles. The fourth-order valence-corrected chi connectivity index (χ4v) is 2.00. The number of hydrogen-bond acceptors (Lipinski definition) is 3. The van der Waals surface area contributed by atoms with Gasteiger partial charge in [-0.2, -0.15) is 0 Å². The fraction of sp³-hybridized carbons (Fsp3) is 0.538. The van der Waals surface area contributed by atoms with E-state index in [1.165, 1.54) is 5.56 Å². The molecular formula is C13H19NO2. The topological polar surface area (TPSA) is 44.5 Å². The Bertz CT molecular complexity index is 346. The highest BCUT2D eigenvalue weighted by Gasteiger charge is 2.32. The zero-order valence-electron chi connectivity index (χ0n) is 9.74. The van der Waals surface area contributed by atoms with Crippen molar-refractivity contribution < 1.29 is 9.47 Å². The summed E-state index contributed by atoms with van der Waals surface area (Å²) in [6.45, 7) is 4.05. The zero-order chi connectivity index (χ0) is 11.4. The van der Waals surface area contributed by atoms with Crippen molar-refractivity contribution in [1.82, 2.24) is 0 Å². The van der Waals surface area contributed by atoms with Crippen LogP contribution in [0, 0.1) is 0 Å². The first-order valence-electron chi connectivity index (χ1n) is 5.82. The smallest absolute Gasteiger partial charge is 0.192 e. The van der Waals surface area contributed by atoms with Crippen LogP contribution >= 0.6 is 0 Å². The zero-order valence-corrected chi connectivity index (χ0v) is 9.74. The van der Waals surface area contributed by atoms with E-state index in [2.05, 4.69) is 24.3 Å². The van der Waals surface area contributed by atoms with Gasteiger partial charge in [0.1, 0.15) is 0 Å². The summed E-state index contributed by atoms with van der Waals surface area (Å²) in [5.41, 5.74) is 7.90. The Morgan fingerprint density at radius 3 is 2.75 bits per heavy atom. The van der Waals surface area contributed by atoms with Crippen LogP contribution in [-0.2, 0) is 21.7 Å². The van der Waals surface area contributed by atoms with Gasteiger partial charge >= 0.3 is 0 Å². The molecule has 2 N–H and O–H groups in total. The molecule has 0 amide bonds. The molecule has 1 aliphatic rings. The molecule has 1 aliphatic heterocycles. The van der Waals surface area contributed by atoms with Gasteiger partial charge in [0.2, 0.25) is 0 Å². The number of nitrogens with two attached hydrogens (primary N) is 1. The lowest BCUT2D eigenvalue weighted by Crippen LogP contribution is -2.22. The summed E-state index contributed by atoms with van der Waals surface area (Å²) in [5, 5.41) is 0. The summed E-state index contributed by atoms with van der Waals surface area (Å²) in [5.74, 6) is -0.557. The summed E-state index contributed by atoms with van der Waals surface area (Å²) >= 11 is 0. The van der Waals surface area contributed by atoms with Crippen LogP contribution < -0.4 is 5.73 Å². The van der Waals surface area contributed by atoms with E-state index in [4.69, 9.17) is 15.2 Å².